The third-order valence-electron chi connectivity index (χ3n) is 11.3. The average Bonchev–Trinajstić information content (AvgIpc) is 3.97. The molecule has 2 aromatic rings. The molecule has 0 spiro atoms. The smallest absolute Gasteiger partial charge is 0.252 e. The van der Waals surface area contributed by atoms with E-state index in [0.717, 1.165) is 31.2 Å². The first kappa shape index (κ1) is 47.8. The van der Waals surface area contributed by atoms with Crippen molar-refractivity contribution < 1.29 is 47.7 Å². The summed E-state index contributed by atoms with van der Waals surface area (Å²) in [6.45, 7) is 6.61. The quantitative estimate of drug-likeness (QED) is 0.261. The molecule has 5 rings (SSSR count). The molecule has 0 unspecified atom stereocenters. The van der Waals surface area contributed by atoms with Gasteiger partial charge in [0.1, 0.15) is 48.3 Å². The number of nitrogens with one attached hydrogen (secondary N) is 4. The van der Waals surface area contributed by atoms with E-state index in [2.05, 4.69) is 21.3 Å². The molecule has 2 heterocycles. The monoisotopic (exact) mass is 862 g/mol. The van der Waals surface area contributed by atoms with E-state index in [9.17, 15) is 28.8 Å². The fourth-order valence-electron chi connectivity index (χ4n) is 7.89. The zero-order valence-electron chi connectivity index (χ0n) is 37.0. The second-order valence-electron chi connectivity index (χ2n) is 17.2. The Kier molecular flexibility index (Phi) is 18.4. The Bertz CT molecular complexity index is 1820. The Labute approximate surface area is 365 Å². The van der Waals surface area contributed by atoms with Crippen LogP contribution in [0.25, 0.3) is 0 Å². The normalized spacial score (nSPS) is 24.0. The highest BCUT2D eigenvalue weighted by Gasteiger charge is 2.39. The standard InChI is InChI=1S/C46H66N6O10/c1-30(2)22-37-42(54)47-31(3)45(57)52-19-13-18-40(52)44(56)50-39(46(58)51(4)5)29-60-21-12-11-20-59-28-38(43(55)48-37)49-41(53)34-23-35(61-26-32-14-7-6-8-15-32)25-36(24-34)62-27-33-16-9-10-17-33/h6-8,14-15,23-25,30-31,33,37-40H,9-13,16-22,26-29H2,1-5H3,(H,47,54)(H,48,55)(H,49,53)(H,50,56)/t31-,37-,38-,39-,40-/m0/s1. The van der Waals surface area contributed by atoms with Gasteiger partial charge in [-0.1, -0.05) is 57.0 Å². The molecule has 0 radical (unpaired) electrons. The third-order valence-corrected chi connectivity index (χ3v) is 11.3. The van der Waals surface area contributed by atoms with Crippen molar-refractivity contribution >= 4 is 35.4 Å². The number of hydrogen-bond acceptors (Lipinski definition) is 10. The molecule has 0 bridgehead atoms. The van der Waals surface area contributed by atoms with Crippen LogP contribution in [-0.2, 0) is 40.1 Å². The van der Waals surface area contributed by atoms with Gasteiger partial charge in [0.05, 0.1) is 19.8 Å². The van der Waals surface area contributed by atoms with E-state index < -0.39 is 59.7 Å². The maximum absolute atomic E-state index is 14.1. The molecule has 4 N–H and O–H groups in total. The van der Waals surface area contributed by atoms with Crippen LogP contribution in [0.2, 0.25) is 0 Å². The van der Waals surface area contributed by atoms with E-state index in [1.54, 1.807) is 32.3 Å². The molecule has 1 saturated carbocycles. The van der Waals surface area contributed by atoms with Gasteiger partial charge >= 0.3 is 0 Å². The molecule has 16 heteroatoms. The number of benzene rings is 2. The molecule has 0 aromatic heterocycles. The number of carbonyl (C=O) groups excluding carboxylic acids is 6. The van der Waals surface area contributed by atoms with Crippen LogP contribution < -0.4 is 30.7 Å². The number of hydrogen-bond donors (Lipinski definition) is 4. The first-order chi connectivity index (χ1) is 29.8. The molecule has 3 aliphatic rings. The second-order valence-corrected chi connectivity index (χ2v) is 17.2. The van der Waals surface area contributed by atoms with E-state index in [1.807, 2.05) is 44.2 Å². The molecule has 5 atom stereocenters. The van der Waals surface area contributed by atoms with Crippen molar-refractivity contribution in [3.05, 3.63) is 59.7 Å². The van der Waals surface area contributed by atoms with Gasteiger partial charge in [0.25, 0.3) is 5.91 Å². The molecule has 6 amide bonds. The van der Waals surface area contributed by atoms with Gasteiger partial charge in [-0.3, -0.25) is 28.8 Å². The molecule has 62 heavy (non-hydrogen) atoms. The number of amides is 6. The summed E-state index contributed by atoms with van der Waals surface area (Å²) < 4.78 is 24.1. The molecule has 16 nitrogen and oxygen atoms in total. The number of carbonyl (C=O) groups is 6. The maximum Gasteiger partial charge on any atom is 0.252 e. The summed E-state index contributed by atoms with van der Waals surface area (Å²) in [7, 11) is 3.18. The Balaban J connectivity index is 1.36. The van der Waals surface area contributed by atoms with Crippen LogP contribution in [0.4, 0.5) is 0 Å². The van der Waals surface area contributed by atoms with Crippen LogP contribution in [0.5, 0.6) is 11.5 Å². The Hall–Kier alpha value is -5.22. The summed E-state index contributed by atoms with van der Waals surface area (Å²) in [5.41, 5.74) is 1.16. The predicted octanol–water partition coefficient (Wildman–Crippen LogP) is 3.36. The van der Waals surface area contributed by atoms with Gasteiger partial charge in [-0.2, -0.15) is 0 Å². The third kappa shape index (κ3) is 14.4. The lowest BCUT2D eigenvalue weighted by atomic mass is 10.0. The largest absolute Gasteiger partial charge is 0.493 e. The predicted molar refractivity (Wildman–Crippen MR) is 231 cm³/mol. The fourth-order valence-corrected chi connectivity index (χ4v) is 7.89. The SMILES string of the molecule is CC(C)C[C@@H]1NC(=O)[C@@H](NC(=O)c2cc(OCc3ccccc3)cc(OCC3CCCC3)c2)COCCCCOC[C@@H](C(=O)N(C)C)NC(=O)[C@@H]2CCCN2C(=O)[C@H](C)NC1=O. The summed E-state index contributed by atoms with van der Waals surface area (Å²) in [6, 6.07) is 9.51. The molecule has 3 fully saturated rings. The lowest BCUT2D eigenvalue weighted by Crippen LogP contribution is -2.59. The van der Waals surface area contributed by atoms with Gasteiger partial charge in [0.2, 0.25) is 29.5 Å². The number of likely N-dealkylation sites (N-methyl/N-ethyl adjacent to an activating group) is 1. The Morgan fingerprint density at radius 2 is 1.50 bits per heavy atom. The van der Waals surface area contributed by atoms with E-state index in [4.69, 9.17) is 18.9 Å². The van der Waals surface area contributed by atoms with Crippen LogP contribution in [-0.4, -0.2) is 129 Å². The summed E-state index contributed by atoms with van der Waals surface area (Å²) in [4.78, 5) is 85.3. The van der Waals surface area contributed by atoms with Crippen LogP contribution >= 0.6 is 0 Å². The van der Waals surface area contributed by atoms with Crippen molar-refractivity contribution in [1.29, 1.82) is 0 Å². The molecule has 2 aliphatic heterocycles. The van der Waals surface area contributed by atoms with Crippen molar-refractivity contribution in [3.63, 3.8) is 0 Å². The zero-order chi connectivity index (χ0) is 44.6. The van der Waals surface area contributed by atoms with E-state index in [0.29, 0.717) is 56.3 Å². The van der Waals surface area contributed by atoms with Gasteiger partial charge in [0, 0.05) is 45.5 Å². The summed E-state index contributed by atoms with van der Waals surface area (Å²) >= 11 is 0. The Morgan fingerprint density at radius 1 is 0.823 bits per heavy atom. The average molecular weight is 863 g/mol. The fraction of sp³-hybridized carbons (Fsp3) is 0.609. The van der Waals surface area contributed by atoms with Crippen molar-refractivity contribution in [2.45, 2.75) is 115 Å². The zero-order valence-corrected chi connectivity index (χ0v) is 37.0. The minimum atomic E-state index is -1.22. The van der Waals surface area contributed by atoms with Crippen LogP contribution in [0.1, 0.15) is 94.5 Å². The highest BCUT2D eigenvalue weighted by atomic mass is 16.5. The van der Waals surface area contributed by atoms with Crippen molar-refractivity contribution in [3.8, 4) is 11.5 Å². The van der Waals surface area contributed by atoms with E-state index in [-0.39, 0.29) is 56.8 Å². The molecule has 2 saturated heterocycles. The van der Waals surface area contributed by atoms with Crippen LogP contribution in [0.3, 0.4) is 0 Å². The summed E-state index contributed by atoms with van der Waals surface area (Å²) in [5, 5.41) is 11.2. The topological polar surface area (TPSA) is 194 Å². The summed E-state index contributed by atoms with van der Waals surface area (Å²) in [6.07, 6.45) is 6.75. The Morgan fingerprint density at radius 3 is 2.18 bits per heavy atom. The van der Waals surface area contributed by atoms with Gasteiger partial charge in [-0.25, -0.2) is 0 Å². The van der Waals surface area contributed by atoms with Crippen molar-refractivity contribution in [2.75, 3.05) is 53.7 Å². The van der Waals surface area contributed by atoms with Gasteiger partial charge in [-0.05, 0) is 81.4 Å². The first-order valence-electron chi connectivity index (χ1n) is 22.1. The number of fused-ring (bicyclic) bond motifs is 1. The number of ether oxygens (including phenoxy) is 4. The lowest BCUT2D eigenvalue weighted by Gasteiger charge is -2.30. The van der Waals surface area contributed by atoms with Gasteiger partial charge in [0.15, 0.2) is 0 Å². The molecule has 1 aliphatic carbocycles. The highest BCUT2D eigenvalue weighted by Crippen LogP contribution is 2.29. The lowest BCUT2D eigenvalue weighted by molar-refractivity contribution is -0.143. The second kappa shape index (κ2) is 23.8. The van der Waals surface area contributed by atoms with E-state index >= 15 is 0 Å². The van der Waals surface area contributed by atoms with Crippen molar-refractivity contribution in [1.82, 2.24) is 31.1 Å². The minimum absolute atomic E-state index is 0.0381. The first-order valence-corrected chi connectivity index (χ1v) is 22.1. The van der Waals surface area contributed by atoms with E-state index in [1.165, 1.54) is 16.7 Å². The van der Waals surface area contributed by atoms with Gasteiger partial charge < -0.3 is 50.0 Å². The van der Waals surface area contributed by atoms with Crippen LogP contribution in [0.15, 0.2) is 48.5 Å². The minimum Gasteiger partial charge on any atom is -0.493 e. The number of rotatable bonds is 11. The molecular weight excluding hydrogens is 797 g/mol. The molecule has 340 valence electrons. The van der Waals surface area contributed by atoms with Crippen LogP contribution in [0, 0.1) is 11.8 Å². The molecule has 2 aromatic carbocycles. The van der Waals surface area contributed by atoms with Crippen molar-refractivity contribution in [2.24, 2.45) is 11.8 Å². The number of nitrogens with zero attached hydrogens (tertiary/aromatic N) is 2. The summed E-state index contributed by atoms with van der Waals surface area (Å²) in [5.74, 6) is -1.82. The highest BCUT2D eigenvalue weighted by molar-refractivity contribution is 5.99. The molecular formula is C46H66N6O10. The maximum atomic E-state index is 14.1. The van der Waals surface area contributed by atoms with Gasteiger partial charge in [-0.15, -0.1) is 0 Å².